The number of rotatable bonds is 6. The quantitative estimate of drug-likeness (QED) is 0.666. The van der Waals surface area contributed by atoms with Crippen LogP contribution >= 0.6 is 11.3 Å². The van der Waals surface area contributed by atoms with E-state index in [0.29, 0.717) is 16.8 Å². The minimum Gasteiger partial charge on any atom is -0.350 e. The highest BCUT2D eigenvalue weighted by Crippen LogP contribution is 2.13. The van der Waals surface area contributed by atoms with Crippen LogP contribution in [0.2, 0.25) is 0 Å². The number of hydrogen-bond acceptors (Lipinski definition) is 4. The zero-order chi connectivity index (χ0) is 18.6. The lowest BCUT2D eigenvalue weighted by molar-refractivity contribution is -0.901. The summed E-state index contributed by atoms with van der Waals surface area (Å²) in [5.41, 5.74) is 2.26. The number of hydrogen-bond donors (Lipinski definition) is 2. The van der Waals surface area contributed by atoms with E-state index in [1.807, 2.05) is 11.4 Å². The van der Waals surface area contributed by atoms with Gasteiger partial charge >= 0.3 is 0 Å². The van der Waals surface area contributed by atoms with E-state index in [2.05, 4.69) is 28.5 Å². The molecular weight excluding hydrogens is 360 g/mol. The second kappa shape index (κ2) is 8.02. The van der Waals surface area contributed by atoms with Crippen LogP contribution in [-0.2, 0) is 24.4 Å². The molecule has 1 aromatic carbocycles. The fraction of sp³-hybridized carbons (Fsp3) is 0.350. The predicted octanol–water partition coefficient (Wildman–Crippen LogP) is 0.953. The fourth-order valence-corrected chi connectivity index (χ4v) is 4.36. The van der Waals surface area contributed by atoms with Crippen LogP contribution in [0.1, 0.15) is 24.0 Å². The molecule has 27 heavy (non-hydrogen) atoms. The molecule has 1 fully saturated rings. The molecule has 4 rings (SSSR count). The molecule has 0 atom stereocenters. The van der Waals surface area contributed by atoms with Gasteiger partial charge in [-0.1, -0.05) is 24.3 Å². The topological polar surface area (TPSA) is 68.4 Å². The lowest BCUT2D eigenvalue weighted by atomic mass is 10.1. The molecule has 0 unspecified atom stereocenters. The third-order valence-electron chi connectivity index (χ3n) is 5.11. The van der Waals surface area contributed by atoms with Crippen LogP contribution in [0, 0.1) is 0 Å². The highest BCUT2D eigenvalue weighted by atomic mass is 32.1. The monoisotopic (exact) mass is 383 g/mol. The summed E-state index contributed by atoms with van der Waals surface area (Å²) in [4.78, 5) is 31.3. The molecule has 1 aliphatic rings. The largest absolute Gasteiger partial charge is 0.350 e. The number of thiophene rings is 1. The van der Waals surface area contributed by atoms with E-state index in [-0.39, 0.29) is 18.0 Å². The normalized spacial score (nSPS) is 14.7. The second-order valence-corrected chi connectivity index (χ2v) is 7.89. The lowest BCUT2D eigenvalue weighted by Gasteiger charge is -2.15. The summed E-state index contributed by atoms with van der Waals surface area (Å²) in [7, 11) is 0. The molecule has 2 aromatic heterocycles. The van der Waals surface area contributed by atoms with Crippen molar-refractivity contribution >= 4 is 27.5 Å². The Balaban J connectivity index is 1.40. The summed E-state index contributed by atoms with van der Waals surface area (Å²) in [5, 5.41) is 5.35. The van der Waals surface area contributed by atoms with Crippen molar-refractivity contribution in [2.45, 2.75) is 32.5 Å². The molecule has 0 aliphatic carbocycles. The molecule has 0 saturated carbocycles. The van der Waals surface area contributed by atoms with Gasteiger partial charge in [-0.2, -0.15) is 0 Å². The Morgan fingerprint density at radius 2 is 1.96 bits per heavy atom. The molecule has 1 saturated heterocycles. The number of nitrogens with zero attached hydrogens (tertiary/aromatic N) is 2. The van der Waals surface area contributed by atoms with Gasteiger partial charge in [-0.25, -0.2) is 4.98 Å². The van der Waals surface area contributed by atoms with Crippen LogP contribution in [0.3, 0.4) is 0 Å². The molecule has 1 amide bonds. The van der Waals surface area contributed by atoms with Crippen molar-refractivity contribution in [3.8, 4) is 0 Å². The number of likely N-dealkylation sites (tertiary alicyclic amines) is 1. The van der Waals surface area contributed by atoms with E-state index in [0.717, 1.165) is 12.1 Å². The van der Waals surface area contributed by atoms with Gasteiger partial charge in [-0.15, -0.1) is 11.3 Å². The van der Waals surface area contributed by atoms with Crippen LogP contribution < -0.4 is 15.8 Å². The molecule has 6 nitrogen and oxygen atoms in total. The summed E-state index contributed by atoms with van der Waals surface area (Å²) in [5.74, 6) is -0.184. The predicted molar refractivity (Wildman–Crippen MR) is 106 cm³/mol. The minimum absolute atomic E-state index is 0.0167. The molecule has 0 bridgehead atoms. The van der Waals surface area contributed by atoms with E-state index in [4.69, 9.17) is 0 Å². The van der Waals surface area contributed by atoms with Gasteiger partial charge in [0, 0.05) is 24.9 Å². The summed E-state index contributed by atoms with van der Waals surface area (Å²) >= 11 is 1.42. The van der Waals surface area contributed by atoms with Crippen LogP contribution in [0.25, 0.3) is 10.2 Å². The lowest BCUT2D eigenvalue weighted by Crippen LogP contribution is -3.08. The Morgan fingerprint density at radius 1 is 1.19 bits per heavy atom. The third kappa shape index (κ3) is 4.09. The Kier molecular flexibility index (Phi) is 5.31. The number of aromatic nitrogens is 2. The number of carbonyl (C=O) groups is 1. The second-order valence-electron chi connectivity index (χ2n) is 7.00. The molecule has 7 heteroatoms. The van der Waals surface area contributed by atoms with Gasteiger partial charge in [0.15, 0.2) is 0 Å². The highest BCUT2D eigenvalue weighted by molar-refractivity contribution is 7.16. The number of amides is 1. The molecule has 3 heterocycles. The molecule has 0 spiro atoms. The van der Waals surface area contributed by atoms with Crippen LogP contribution in [0.5, 0.6) is 0 Å². The molecule has 1 aliphatic heterocycles. The zero-order valence-electron chi connectivity index (χ0n) is 15.1. The van der Waals surface area contributed by atoms with Crippen molar-refractivity contribution in [3.63, 3.8) is 0 Å². The number of nitrogens with one attached hydrogen (secondary N) is 2. The van der Waals surface area contributed by atoms with Crippen molar-refractivity contribution < 1.29 is 9.69 Å². The highest BCUT2D eigenvalue weighted by Gasteiger charge is 2.17. The number of benzene rings is 1. The molecule has 2 N–H and O–H groups in total. The van der Waals surface area contributed by atoms with Crippen molar-refractivity contribution in [1.29, 1.82) is 0 Å². The van der Waals surface area contributed by atoms with Gasteiger partial charge in [0.25, 0.3) is 5.56 Å². The van der Waals surface area contributed by atoms with Crippen LogP contribution in [-0.4, -0.2) is 28.5 Å². The number of quaternary nitrogens is 1. The third-order valence-corrected chi connectivity index (χ3v) is 5.93. The maximum Gasteiger partial charge on any atom is 0.262 e. The van der Waals surface area contributed by atoms with Crippen molar-refractivity contribution in [2.24, 2.45) is 0 Å². The van der Waals surface area contributed by atoms with Crippen LogP contribution in [0.4, 0.5) is 0 Å². The first-order chi connectivity index (χ1) is 13.2. The van der Waals surface area contributed by atoms with Gasteiger partial charge in [-0.05, 0) is 17.0 Å². The SMILES string of the molecule is O=C(Cn1cnc2sccc2c1=O)NCc1ccccc1C[NH+]1CCCC1. The standard InChI is InChI=1S/C20H22N4O2S/c25-18(13-24-14-22-19-17(20(24)26)7-10-27-19)21-11-15-5-1-2-6-16(15)12-23-8-3-4-9-23/h1-2,5-7,10,14H,3-4,8-9,11-13H2,(H,21,25)/p+1. The van der Waals surface area contributed by atoms with Crippen molar-refractivity contribution in [2.75, 3.05) is 13.1 Å². The van der Waals surface area contributed by atoms with Crippen molar-refractivity contribution in [3.05, 3.63) is 63.5 Å². The van der Waals surface area contributed by atoms with Gasteiger partial charge in [0.2, 0.25) is 5.91 Å². The summed E-state index contributed by atoms with van der Waals surface area (Å²) in [6.45, 7) is 3.91. The van der Waals surface area contributed by atoms with E-state index in [9.17, 15) is 9.59 Å². The van der Waals surface area contributed by atoms with Crippen LogP contribution in [0.15, 0.2) is 46.8 Å². The first kappa shape index (κ1) is 17.9. The van der Waals surface area contributed by atoms with Gasteiger partial charge in [0.05, 0.1) is 24.8 Å². The number of fused-ring (bicyclic) bond motifs is 1. The summed E-state index contributed by atoms with van der Waals surface area (Å²) in [6, 6.07) is 10.0. The minimum atomic E-state index is -0.184. The summed E-state index contributed by atoms with van der Waals surface area (Å²) in [6.07, 6.45) is 4.04. The van der Waals surface area contributed by atoms with E-state index < -0.39 is 0 Å². The molecule has 140 valence electrons. The number of carbonyl (C=O) groups excluding carboxylic acids is 1. The van der Waals surface area contributed by atoms with Gasteiger partial charge in [-0.3, -0.25) is 14.2 Å². The van der Waals surface area contributed by atoms with E-state index in [1.54, 1.807) is 11.0 Å². The van der Waals surface area contributed by atoms with E-state index >= 15 is 0 Å². The Morgan fingerprint density at radius 3 is 2.78 bits per heavy atom. The average molecular weight is 383 g/mol. The Bertz CT molecular complexity index is 1000. The Labute approximate surface area is 161 Å². The average Bonchev–Trinajstić information content (AvgIpc) is 3.35. The van der Waals surface area contributed by atoms with Crippen molar-refractivity contribution in [1.82, 2.24) is 14.9 Å². The molecule has 3 aromatic rings. The molecule has 0 radical (unpaired) electrons. The summed E-state index contributed by atoms with van der Waals surface area (Å²) < 4.78 is 1.37. The zero-order valence-corrected chi connectivity index (χ0v) is 15.9. The maximum atomic E-state index is 12.4. The fourth-order valence-electron chi connectivity index (χ4n) is 3.63. The first-order valence-corrected chi connectivity index (χ1v) is 10.2. The Hall–Kier alpha value is -2.51. The van der Waals surface area contributed by atoms with E-state index in [1.165, 1.54) is 53.7 Å². The molecular formula is C20H23N4O2S+. The maximum absolute atomic E-state index is 12.4. The van der Waals surface area contributed by atoms with Gasteiger partial charge in [0.1, 0.15) is 17.9 Å². The first-order valence-electron chi connectivity index (χ1n) is 9.30. The van der Waals surface area contributed by atoms with Gasteiger partial charge < -0.3 is 10.2 Å². The smallest absolute Gasteiger partial charge is 0.262 e.